The lowest BCUT2D eigenvalue weighted by Gasteiger charge is -2.18. The van der Waals surface area contributed by atoms with Gasteiger partial charge in [0.15, 0.2) is 0 Å². The third kappa shape index (κ3) is 2.83. The van der Waals surface area contributed by atoms with Crippen molar-refractivity contribution in [1.82, 2.24) is 0 Å². The fourth-order valence-corrected chi connectivity index (χ4v) is 2.83. The van der Waals surface area contributed by atoms with Gasteiger partial charge in [-0.1, -0.05) is 32.0 Å². The fourth-order valence-electron chi connectivity index (χ4n) is 2.01. The van der Waals surface area contributed by atoms with Gasteiger partial charge in [0.2, 0.25) is 5.91 Å². The second-order valence-corrected chi connectivity index (χ2v) is 5.88. The number of thioether (sulfide) groups is 1. The predicted octanol–water partition coefficient (Wildman–Crippen LogP) is 3.11. The average molecular weight is 249 g/mol. The summed E-state index contributed by atoms with van der Waals surface area (Å²) in [5, 5.41) is 0.566. The lowest BCUT2D eigenvalue weighted by atomic mass is 10.2. The Hall–Kier alpha value is -0.960. The number of nitrogens with zero attached hydrogens (tertiary/aromatic N) is 1. The molecular formula is C14H19NOS. The zero-order valence-corrected chi connectivity index (χ0v) is 11.3. The Balaban J connectivity index is 1.98. The molecule has 1 atom stereocenters. The minimum absolute atomic E-state index is 0.250. The lowest BCUT2D eigenvalue weighted by Crippen LogP contribution is -2.30. The van der Waals surface area contributed by atoms with Gasteiger partial charge < -0.3 is 4.90 Å². The van der Waals surface area contributed by atoms with Crippen LogP contribution < -0.4 is 4.90 Å². The molecule has 0 aromatic heterocycles. The molecule has 0 spiro atoms. The highest BCUT2D eigenvalue weighted by Crippen LogP contribution is 2.28. The van der Waals surface area contributed by atoms with Crippen LogP contribution in [0.2, 0.25) is 0 Å². The summed E-state index contributed by atoms with van der Waals surface area (Å²) in [5.41, 5.74) is 2.41. The second kappa shape index (κ2) is 5.58. The molecule has 1 aliphatic heterocycles. The lowest BCUT2D eigenvalue weighted by molar-refractivity contribution is -0.116. The van der Waals surface area contributed by atoms with Crippen molar-refractivity contribution in [3.63, 3.8) is 0 Å². The number of anilines is 1. The van der Waals surface area contributed by atoms with Crippen molar-refractivity contribution in [2.24, 2.45) is 0 Å². The van der Waals surface area contributed by atoms with Crippen LogP contribution in [0.4, 0.5) is 5.69 Å². The van der Waals surface area contributed by atoms with E-state index in [0.717, 1.165) is 25.1 Å². The number of hydrogen-bond acceptors (Lipinski definition) is 2. The molecule has 0 bridgehead atoms. The summed E-state index contributed by atoms with van der Waals surface area (Å²) in [7, 11) is 0. The summed E-state index contributed by atoms with van der Waals surface area (Å²) in [5.74, 6) is 0.851. The zero-order chi connectivity index (χ0) is 12.3. The van der Waals surface area contributed by atoms with Gasteiger partial charge in [-0.15, -0.1) is 11.8 Å². The number of fused-ring (bicyclic) bond motifs is 1. The number of carbonyl (C=O) groups is 1. The third-order valence-electron chi connectivity index (χ3n) is 3.25. The Morgan fingerprint density at radius 3 is 3.00 bits per heavy atom. The van der Waals surface area contributed by atoms with Crippen LogP contribution in [0.15, 0.2) is 24.3 Å². The summed E-state index contributed by atoms with van der Waals surface area (Å²) >= 11 is 1.75. The summed E-state index contributed by atoms with van der Waals surface area (Å²) < 4.78 is 0. The number of benzene rings is 1. The Bertz CT molecular complexity index is 405. The molecule has 2 nitrogen and oxygen atoms in total. The second-order valence-electron chi connectivity index (χ2n) is 4.45. The van der Waals surface area contributed by atoms with E-state index < -0.39 is 0 Å². The first-order valence-electron chi connectivity index (χ1n) is 6.22. The molecule has 0 saturated carbocycles. The van der Waals surface area contributed by atoms with Crippen LogP contribution in [0.1, 0.15) is 25.8 Å². The quantitative estimate of drug-likeness (QED) is 0.817. The molecule has 3 heteroatoms. The molecule has 92 valence electrons. The minimum Gasteiger partial charge on any atom is -0.311 e. The molecule has 1 amide bonds. The molecular weight excluding hydrogens is 230 g/mol. The highest BCUT2D eigenvalue weighted by Gasteiger charge is 2.23. The van der Waals surface area contributed by atoms with Gasteiger partial charge in [-0.05, 0) is 24.5 Å². The summed E-state index contributed by atoms with van der Waals surface area (Å²) in [6.45, 7) is 5.18. The van der Waals surface area contributed by atoms with Gasteiger partial charge in [-0.3, -0.25) is 4.79 Å². The maximum absolute atomic E-state index is 12.1. The number of rotatable bonds is 4. The molecule has 1 aromatic rings. The van der Waals surface area contributed by atoms with Crippen molar-refractivity contribution < 1.29 is 4.79 Å². The molecule has 1 heterocycles. The van der Waals surface area contributed by atoms with Crippen LogP contribution in [0, 0.1) is 0 Å². The van der Waals surface area contributed by atoms with E-state index in [2.05, 4.69) is 19.9 Å². The van der Waals surface area contributed by atoms with Crippen molar-refractivity contribution in [3.05, 3.63) is 29.8 Å². The molecule has 0 N–H and O–H groups in total. The number of amides is 1. The Labute approximate surface area is 107 Å². The summed E-state index contributed by atoms with van der Waals surface area (Å²) in [6, 6.07) is 8.21. The first-order valence-corrected chi connectivity index (χ1v) is 7.27. The molecule has 2 rings (SSSR count). The van der Waals surface area contributed by atoms with Gasteiger partial charge in [-0.25, -0.2) is 0 Å². The van der Waals surface area contributed by atoms with Crippen LogP contribution in [-0.4, -0.2) is 23.5 Å². The third-order valence-corrected chi connectivity index (χ3v) is 4.57. The van der Waals surface area contributed by atoms with E-state index >= 15 is 0 Å². The summed E-state index contributed by atoms with van der Waals surface area (Å²) in [6.07, 6.45) is 2.12. The maximum Gasteiger partial charge on any atom is 0.237 e. The fraction of sp³-hybridized carbons (Fsp3) is 0.500. The van der Waals surface area contributed by atoms with E-state index in [1.807, 2.05) is 23.1 Å². The van der Waals surface area contributed by atoms with E-state index in [0.29, 0.717) is 11.0 Å². The van der Waals surface area contributed by atoms with E-state index in [4.69, 9.17) is 0 Å². The number of para-hydroxylation sites is 1. The zero-order valence-electron chi connectivity index (χ0n) is 10.5. The first-order chi connectivity index (χ1) is 8.22. The number of hydrogen-bond donors (Lipinski definition) is 0. The van der Waals surface area contributed by atoms with Crippen LogP contribution in [0.5, 0.6) is 0 Å². The highest BCUT2D eigenvalue weighted by molar-refractivity contribution is 8.00. The van der Waals surface area contributed by atoms with Gasteiger partial charge >= 0.3 is 0 Å². The van der Waals surface area contributed by atoms with Gasteiger partial charge in [0, 0.05) is 17.5 Å². The summed E-state index contributed by atoms with van der Waals surface area (Å²) in [4.78, 5) is 14.1. The monoisotopic (exact) mass is 249 g/mol. The Kier molecular flexibility index (Phi) is 4.11. The molecule has 0 aliphatic carbocycles. The van der Waals surface area contributed by atoms with Crippen molar-refractivity contribution in [2.45, 2.75) is 31.9 Å². The normalized spacial score (nSPS) is 15.8. The van der Waals surface area contributed by atoms with Gasteiger partial charge in [0.25, 0.3) is 0 Å². The molecule has 17 heavy (non-hydrogen) atoms. The molecule has 0 radical (unpaired) electrons. The van der Waals surface area contributed by atoms with Crippen molar-refractivity contribution in [3.8, 4) is 0 Å². The van der Waals surface area contributed by atoms with E-state index in [1.165, 1.54) is 5.56 Å². The topological polar surface area (TPSA) is 20.3 Å². The van der Waals surface area contributed by atoms with Crippen molar-refractivity contribution in [1.29, 1.82) is 0 Å². The van der Waals surface area contributed by atoms with E-state index in [1.54, 1.807) is 11.8 Å². The molecule has 1 aromatic carbocycles. The van der Waals surface area contributed by atoms with Gasteiger partial charge in [0.1, 0.15) is 0 Å². The van der Waals surface area contributed by atoms with E-state index in [-0.39, 0.29) is 5.91 Å². The number of carbonyl (C=O) groups excluding carboxylic acids is 1. The highest BCUT2D eigenvalue weighted by atomic mass is 32.2. The van der Waals surface area contributed by atoms with Crippen LogP contribution >= 0.6 is 11.8 Å². The molecule has 0 fully saturated rings. The SMILES string of the molecule is CCC(C)SCC(=O)N1CCc2ccccc21. The smallest absolute Gasteiger partial charge is 0.237 e. The molecule has 1 unspecified atom stereocenters. The molecule has 0 saturated heterocycles. The van der Waals surface area contributed by atoms with Crippen LogP contribution in [0.25, 0.3) is 0 Å². The van der Waals surface area contributed by atoms with Crippen molar-refractivity contribution in [2.75, 3.05) is 17.2 Å². The van der Waals surface area contributed by atoms with Crippen molar-refractivity contribution >= 4 is 23.4 Å². The first kappa shape index (κ1) is 12.5. The minimum atomic E-state index is 0.250. The van der Waals surface area contributed by atoms with Crippen LogP contribution in [0.3, 0.4) is 0 Å². The van der Waals surface area contributed by atoms with Gasteiger partial charge in [-0.2, -0.15) is 0 Å². The molecule has 1 aliphatic rings. The predicted molar refractivity (Wildman–Crippen MR) is 74.7 cm³/mol. The Morgan fingerprint density at radius 1 is 1.47 bits per heavy atom. The van der Waals surface area contributed by atoms with Gasteiger partial charge in [0.05, 0.1) is 5.75 Å². The Morgan fingerprint density at radius 2 is 2.24 bits per heavy atom. The standard InChI is InChI=1S/C14H19NOS/c1-3-11(2)17-10-14(16)15-9-8-12-6-4-5-7-13(12)15/h4-7,11H,3,8-10H2,1-2H3. The van der Waals surface area contributed by atoms with Crippen LogP contribution in [-0.2, 0) is 11.2 Å². The largest absolute Gasteiger partial charge is 0.311 e. The average Bonchev–Trinajstić information content (AvgIpc) is 2.79. The van der Waals surface area contributed by atoms with E-state index in [9.17, 15) is 4.79 Å². The maximum atomic E-state index is 12.1.